The van der Waals surface area contributed by atoms with Gasteiger partial charge in [-0.15, -0.1) is 0 Å². The van der Waals surface area contributed by atoms with Gasteiger partial charge < -0.3 is 0 Å². The highest BCUT2D eigenvalue weighted by Gasteiger charge is 2.25. The summed E-state index contributed by atoms with van der Waals surface area (Å²) < 4.78 is 0. The molecule has 0 saturated carbocycles. The van der Waals surface area contributed by atoms with Crippen LogP contribution >= 0.6 is 11.8 Å². The lowest BCUT2D eigenvalue weighted by atomic mass is 10.1. The highest BCUT2D eigenvalue weighted by Crippen LogP contribution is 2.23. The molecule has 0 aromatic heterocycles. The molecule has 0 bridgehead atoms. The summed E-state index contributed by atoms with van der Waals surface area (Å²) in [4.78, 5) is 33.8. The zero-order chi connectivity index (χ0) is 11.5. The van der Waals surface area contributed by atoms with Gasteiger partial charge in [0, 0.05) is 11.6 Å². The van der Waals surface area contributed by atoms with E-state index in [1.807, 2.05) is 0 Å². The fourth-order valence-corrected chi connectivity index (χ4v) is 1.88. The lowest BCUT2D eigenvalue weighted by Crippen LogP contribution is -2.18. The van der Waals surface area contributed by atoms with Crippen molar-refractivity contribution in [2.75, 3.05) is 0 Å². The van der Waals surface area contributed by atoms with E-state index in [1.165, 1.54) is 6.08 Å². The Morgan fingerprint density at radius 1 is 1.19 bits per heavy atom. The van der Waals surface area contributed by atoms with Crippen LogP contribution in [0.2, 0.25) is 0 Å². The number of allylic oxidation sites excluding steroid dienone is 1. The molecule has 2 amide bonds. The van der Waals surface area contributed by atoms with Gasteiger partial charge in [0.1, 0.15) is 0 Å². The Balaban J connectivity index is 2.22. The minimum absolute atomic E-state index is 0.138. The van der Waals surface area contributed by atoms with Gasteiger partial charge in [0.05, 0.1) is 4.91 Å². The molecule has 1 fully saturated rings. The van der Waals surface area contributed by atoms with Gasteiger partial charge in [0.2, 0.25) is 0 Å². The van der Waals surface area contributed by atoms with Gasteiger partial charge in [-0.25, -0.2) is 0 Å². The lowest BCUT2D eigenvalue weighted by Gasteiger charge is -1.94. The molecule has 1 heterocycles. The van der Waals surface area contributed by atoms with Crippen molar-refractivity contribution in [1.29, 1.82) is 0 Å². The van der Waals surface area contributed by atoms with Crippen LogP contribution in [0, 0.1) is 0 Å². The normalized spacial score (nSPS) is 17.6. The number of carbonyl (C=O) groups excluding carboxylic acids is 3. The molecule has 0 atom stereocenters. The van der Waals surface area contributed by atoms with E-state index < -0.39 is 11.1 Å². The number of ketones is 1. The van der Waals surface area contributed by atoms with E-state index in [-0.39, 0.29) is 10.7 Å². The molecule has 1 aliphatic rings. The first-order chi connectivity index (χ1) is 7.66. The largest absolute Gasteiger partial charge is 0.290 e. The van der Waals surface area contributed by atoms with E-state index >= 15 is 0 Å². The zero-order valence-corrected chi connectivity index (χ0v) is 8.91. The van der Waals surface area contributed by atoms with Crippen molar-refractivity contribution >= 4 is 28.7 Å². The van der Waals surface area contributed by atoms with Gasteiger partial charge in [-0.05, 0) is 11.8 Å². The molecule has 0 spiro atoms. The van der Waals surface area contributed by atoms with Crippen molar-refractivity contribution in [3.63, 3.8) is 0 Å². The maximum atomic E-state index is 11.7. The van der Waals surface area contributed by atoms with Crippen LogP contribution in [-0.2, 0) is 4.79 Å². The summed E-state index contributed by atoms with van der Waals surface area (Å²) in [6, 6.07) is 8.57. The van der Waals surface area contributed by atoms with E-state index in [4.69, 9.17) is 0 Å². The second kappa shape index (κ2) is 4.32. The van der Waals surface area contributed by atoms with Crippen molar-refractivity contribution in [3.05, 3.63) is 46.9 Å². The highest BCUT2D eigenvalue weighted by molar-refractivity contribution is 8.18. The summed E-state index contributed by atoms with van der Waals surface area (Å²) >= 11 is 0.737. The molecular weight excluding hydrogens is 226 g/mol. The number of benzene rings is 1. The minimum atomic E-state index is -0.515. The zero-order valence-electron chi connectivity index (χ0n) is 8.10. The van der Waals surface area contributed by atoms with Crippen LogP contribution < -0.4 is 5.32 Å². The third-order valence-electron chi connectivity index (χ3n) is 1.96. The molecule has 1 N–H and O–H groups in total. The second-order valence-corrected chi connectivity index (χ2v) is 4.10. The first kappa shape index (κ1) is 10.6. The predicted octanol–water partition coefficient (Wildman–Crippen LogP) is 1.74. The van der Waals surface area contributed by atoms with Crippen LogP contribution in [0.4, 0.5) is 4.79 Å². The molecule has 80 valence electrons. The van der Waals surface area contributed by atoms with Crippen molar-refractivity contribution in [2.24, 2.45) is 0 Å². The maximum Gasteiger partial charge on any atom is 0.290 e. The summed E-state index contributed by atoms with van der Waals surface area (Å²) in [7, 11) is 0. The first-order valence-corrected chi connectivity index (χ1v) is 5.33. The number of carbonyl (C=O) groups is 3. The van der Waals surface area contributed by atoms with Gasteiger partial charge in [0.25, 0.3) is 11.1 Å². The van der Waals surface area contributed by atoms with Crippen molar-refractivity contribution < 1.29 is 14.4 Å². The Kier molecular flexibility index (Phi) is 2.87. The molecule has 2 rings (SSSR count). The van der Waals surface area contributed by atoms with Crippen LogP contribution in [0.15, 0.2) is 41.3 Å². The molecule has 1 aromatic carbocycles. The fourth-order valence-electron chi connectivity index (χ4n) is 1.23. The number of thioether (sulfide) groups is 1. The van der Waals surface area contributed by atoms with Crippen LogP contribution in [0.5, 0.6) is 0 Å². The molecule has 4 nitrogen and oxygen atoms in total. The average molecular weight is 233 g/mol. The number of hydrogen-bond donors (Lipinski definition) is 1. The molecular formula is C11H7NO3S. The molecule has 16 heavy (non-hydrogen) atoms. The molecule has 1 aromatic rings. The summed E-state index contributed by atoms with van der Waals surface area (Å²) in [6.07, 6.45) is 1.18. The molecule has 0 unspecified atom stereocenters. The molecule has 1 aliphatic heterocycles. The van der Waals surface area contributed by atoms with E-state index in [0.29, 0.717) is 5.56 Å². The molecule has 0 aliphatic carbocycles. The van der Waals surface area contributed by atoms with Crippen molar-refractivity contribution in [3.8, 4) is 0 Å². The molecule has 0 radical (unpaired) electrons. The minimum Gasteiger partial charge on any atom is -0.289 e. The third kappa shape index (κ3) is 2.20. The fraction of sp³-hybridized carbons (Fsp3) is 0. The van der Waals surface area contributed by atoms with Gasteiger partial charge >= 0.3 is 0 Å². The maximum absolute atomic E-state index is 11.7. The Bertz CT molecular complexity index is 493. The number of rotatable bonds is 2. The van der Waals surface area contributed by atoms with E-state index in [0.717, 1.165) is 11.8 Å². The Morgan fingerprint density at radius 3 is 2.44 bits per heavy atom. The predicted molar refractivity (Wildman–Crippen MR) is 60.0 cm³/mol. The first-order valence-electron chi connectivity index (χ1n) is 4.51. The van der Waals surface area contributed by atoms with E-state index in [9.17, 15) is 14.4 Å². The van der Waals surface area contributed by atoms with Crippen LogP contribution in [-0.4, -0.2) is 16.9 Å². The van der Waals surface area contributed by atoms with E-state index in [1.54, 1.807) is 30.3 Å². The standard InChI is InChI=1S/C11H7NO3S/c13-8(7-4-2-1-3-5-7)6-9-10(14)12-11(15)16-9/h1-6H,(H,12,14,15). The smallest absolute Gasteiger partial charge is 0.289 e. The highest BCUT2D eigenvalue weighted by atomic mass is 32.2. The quantitative estimate of drug-likeness (QED) is 0.624. The van der Waals surface area contributed by atoms with Crippen LogP contribution in [0.25, 0.3) is 0 Å². The Morgan fingerprint density at radius 2 is 1.88 bits per heavy atom. The van der Waals surface area contributed by atoms with Gasteiger partial charge in [0.15, 0.2) is 5.78 Å². The van der Waals surface area contributed by atoms with Gasteiger partial charge in [-0.3, -0.25) is 19.7 Å². The van der Waals surface area contributed by atoms with Gasteiger partial charge in [-0.2, -0.15) is 0 Å². The second-order valence-electron chi connectivity index (χ2n) is 3.08. The van der Waals surface area contributed by atoms with Crippen molar-refractivity contribution in [2.45, 2.75) is 0 Å². The molecule has 5 heteroatoms. The van der Waals surface area contributed by atoms with Crippen LogP contribution in [0.3, 0.4) is 0 Å². The van der Waals surface area contributed by atoms with Crippen molar-refractivity contribution in [1.82, 2.24) is 5.32 Å². The average Bonchev–Trinajstić information content (AvgIpc) is 2.59. The number of amides is 2. The monoisotopic (exact) mass is 233 g/mol. The molecule has 1 saturated heterocycles. The number of nitrogens with one attached hydrogen (secondary N) is 1. The van der Waals surface area contributed by atoms with E-state index in [2.05, 4.69) is 5.32 Å². The summed E-state index contributed by atoms with van der Waals surface area (Å²) in [5, 5.41) is 1.64. The van der Waals surface area contributed by atoms with Crippen LogP contribution in [0.1, 0.15) is 10.4 Å². The Labute approximate surface area is 95.7 Å². The van der Waals surface area contributed by atoms with Gasteiger partial charge in [-0.1, -0.05) is 30.3 Å². The lowest BCUT2D eigenvalue weighted by molar-refractivity contribution is -0.115. The Hall–Kier alpha value is -1.88. The third-order valence-corrected chi connectivity index (χ3v) is 2.77. The number of hydrogen-bond acceptors (Lipinski definition) is 4. The number of imide groups is 1. The SMILES string of the molecule is O=C1NC(=O)C(=CC(=O)c2ccccc2)S1. The summed E-state index contributed by atoms with van der Waals surface area (Å²) in [5.74, 6) is -0.799. The topological polar surface area (TPSA) is 63.2 Å². The summed E-state index contributed by atoms with van der Waals surface area (Å²) in [5.41, 5.74) is 0.489. The summed E-state index contributed by atoms with van der Waals surface area (Å²) in [6.45, 7) is 0.